The molecule has 0 saturated heterocycles. The van der Waals surface area contributed by atoms with Gasteiger partial charge in [-0.05, 0) is 55.5 Å². The van der Waals surface area contributed by atoms with Crippen molar-refractivity contribution in [3.05, 3.63) is 71.9 Å². The lowest BCUT2D eigenvalue weighted by Crippen LogP contribution is -2.49. The molecule has 1 aliphatic rings. The van der Waals surface area contributed by atoms with Crippen molar-refractivity contribution < 1.29 is 4.79 Å². The minimum absolute atomic E-state index is 0.0534. The third kappa shape index (κ3) is 4.59. The molecule has 1 saturated carbocycles. The Morgan fingerprint density at radius 3 is 2.69 bits per heavy atom. The third-order valence-corrected chi connectivity index (χ3v) is 6.47. The number of nitriles is 1. The summed E-state index contributed by atoms with van der Waals surface area (Å²) in [5.41, 5.74) is 2.81. The number of guanidine groups is 1. The first-order chi connectivity index (χ1) is 15.6. The topological polar surface area (TPSA) is 105 Å². The fourth-order valence-corrected chi connectivity index (χ4v) is 4.62. The molecule has 1 amide bonds. The predicted molar refractivity (Wildman–Crippen MR) is 126 cm³/mol. The van der Waals surface area contributed by atoms with E-state index in [4.69, 9.17) is 5.26 Å². The molecule has 3 aromatic rings. The third-order valence-electron chi connectivity index (χ3n) is 6.47. The maximum absolute atomic E-state index is 13.0. The minimum Gasteiger partial charge on any atom is -0.361 e. The molecule has 0 spiro atoms. The van der Waals surface area contributed by atoms with Gasteiger partial charge < -0.3 is 20.9 Å². The Morgan fingerprint density at radius 1 is 1.19 bits per heavy atom. The van der Waals surface area contributed by atoms with Crippen molar-refractivity contribution >= 4 is 22.8 Å². The van der Waals surface area contributed by atoms with Gasteiger partial charge in [0.2, 0.25) is 12.2 Å². The molecule has 7 nitrogen and oxygen atoms in total. The van der Waals surface area contributed by atoms with Crippen LogP contribution in [0.4, 0.5) is 0 Å². The number of rotatable bonds is 5. The summed E-state index contributed by atoms with van der Waals surface area (Å²) in [6.07, 6.45) is 7.40. The highest BCUT2D eigenvalue weighted by molar-refractivity contribution is 5.98. The monoisotopic (exact) mass is 428 g/mol. The fraction of sp³-hybridized carbons (Fsp3) is 0.320. The Labute approximate surface area is 187 Å². The fourth-order valence-electron chi connectivity index (χ4n) is 4.62. The van der Waals surface area contributed by atoms with E-state index >= 15 is 0 Å². The zero-order valence-corrected chi connectivity index (χ0v) is 18.2. The van der Waals surface area contributed by atoms with Crippen LogP contribution in [-0.4, -0.2) is 36.5 Å². The number of nitrogens with zero attached hydrogens (tertiary/aromatic N) is 2. The summed E-state index contributed by atoms with van der Waals surface area (Å²) in [7, 11) is 1.75. The van der Waals surface area contributed by atoms with Gasteiger partial charge in [0.05, 0.1) is 0 Å². The van der Waals surface area contributed by atoms with Crippen molar-refractivity contribution in [2.45, 2.75) is 37.1 Å². The van der Waals surface area contributed by atoms with Gasteiger partial charge in [-0.25, -0.2) is 0 Å². The van der Waals surface area contributed by atoms with Crippen molar-refractivity contribution in [2.24, 2.45) is 4.99 Å². The first kappa shape index (κ1) is 21.4. The van der Waals surface area contributed by atoms with Crippen LogP contribution in [0.25, 0.3) is 10.9 Å². The van der Waals surface area contributed by atoms with Crippen LogP contribution >= 0.6 is 0 Å². The van der Waals surface area contributed by atoms with Gasteiger partial charge >= 0.3 is 0 Å². The summed E-state index contributed by atoms with van der Waals surface area (Å²) in [6, 6.07) is 18.4. The highest BCUT2D eigenvalue weighted by Gasteiger charge is 2.37. The number of hydrogen-bond acceptors (Lipinski definition) is 3. The van der Waals surface area contributed by atoms with Gasteiger partial charge in [0.15, 0.2) is 0 Å². The molecule has 164 valence electrons. The second-order valence-electron chi connectivity index (χ2n) is 8.34. The molecule has 1 fully saturated rings. The molecule has 0 radical (unpaired) electrons. The molecule has 0 unspecified atom stereocenters. The molecule has 0 atom stereocenters. The highest BCUT2D eigenvalue weighted by Crippen LogP contribution is 2.39. The predicted octanol–water partition coefficient (Wildman–Crippen LogP) is 3.42. The first-order valence-corrected chi connectivity index (χ1v) is 11.0. The van der Waals surface area contributed by atoms with E-state index < -0.39 is 0 Å². The number of aromatic amines is 1. The number of H-pyrrole nitrogens is 1. The summed E-state index contributed by atoms with van der Waals surface area (Å²) < 4.78 is 0. The van der Waals surface area contributed by atoms with Crippen LogP contribution < -0.4 is 16.0 Å². The van der Waals surface area contributed by atoms with Crippen molar-refractivity contribution in [3.8, 4) is 6.19 Å². The van der Waals surface area contributed by atoms with Gasteiger partial charge in [0.25, 0.3) is 5.91 Å². The Bertz CT molecular complexity index is 1140. The van der Waals surface area contributed by atoms with Crippen LogP contribution in [-0.2, 0) is 5.41 Å². The van der Waals surface area contributed by atoms with Crippen molar-refractivity contribution in [1.29, 1.82) is 5.26 Å². The Balaban J connectivity index is 1.47. The number of benzene rings is 2. The summed E-state index contributed by atoms with van der Waals surface area (Å²) in [6.45, 7) is 0.582. The highest BCUT2D eigenvalue weighted by atomic mass is 16.1. The van der Waals surface area contributed by atoms with Crippen LogP contribution in [0, 0.1) is 11.5 Å². The van der Waals surface area contributed by atoms with Gasteiger partial charge in [-0.1, -0.05) is 30.3 Å². The van der Waals surface area contributed by atoms with Crippen LogP contribution in [0.2, 0.25) is 0 Å². The normalized spacial score (nSPS) is 21.0. The van der Waals surface area contributed by atoms with Crippen molar-refractivity contribution in [2.75, 3.05) is 13.6 Å². The van der Waals surface area contributed by atoms with Crippen molar-refractivity contribution in [3.63, 3.8) is 0 Å². The molecule has 0 aliphatic heterocycles. The van der Waals surface area contributed by atoms with E-state index in [-0.39, 0.29) is 17.4 Å². The van der Waals surface area contributed by atoms with E-state index in [1.807, 2.05) is 42.7 Å². The molecule has 4 rings (SSSR count). The maximum Gasteiger partial charge on any atom is 0.251 e. The number of fused-ring (bicyclic) bond motifs is 1. The van der Waals surface area contributed by atoms with Crippen molar-refractivity contribution in [1.82, 2.24) is 20.9 Å². The number of aliphatic imine (C=N–C) groups is 1. The average molecular weight is 429 g/mol. The van der Waals surface area contributed by atoms with E-state index in [2.05, 4.69) is 50.2 Å². The molecule has 1 aromatic heterocycles. The van der Waals surface area contributed by atoms with Crippen LogP contribution in [0.3, 0.4) is 0 Å². The molecular weight excluding hydrogens is 400 g/mol. The lowest BCUT2D eigenvalue weighted by atomic mass is 9.68. The molecule has 2 aromatic carbocycles. The van der Waals surface area contributed by atoms with Crippen LogP contribution in [0.5, 0.6) is 0 Å². The second-order valence-corrected chi connectivity index (χ2v) is 8.34. The molecule has 32 heavy (non-hydrogen) atoms. The lowest BCUT2D eigenvalue weighted by Gasteiger charge is -2.41. The Kier molecular flexibility index (Phi) is 6.41. The number of carbonyl (C=O) groups excluding carboxylic acids is 1. The smallest absolute Gasteiger partial charge is 0.251 e. The van der Waals surface area contributed by atoms with E-state index in [1.165, 1.54) is 5.56 Å². The van der Waals surface area contributed by atoms with Crippen LogP contribution in [0.15, 0.2) is 65.8 Å². The lowest BCUT2D eigenvalue weighted by molar-refractivity contribution is 0.0935. The molecule has 1 aliphatic carbocycles. The maximum atomic E-state index is 13.0. The van der Waals surface area contributed by atoms with Gasteiger partial charge in [0, 0.05) is 47.7 Å². The van der Waals surface area contributed by atoms with Gasteiger partial charge in [-0.15, -0.1) is 4.99 Å². The second kappa shape index (κ2) is 9.56. The van der Waals surface area contributed by atoms with Gasteiger partial charge in [0.1, 0.15) is 0 Å². The van der Waals surface area contributed by atoms with Crippen LogP contribution in [0.1, 0.15) is 41.6 Å². The largest absolute Gasteiger partial charge is 0.361 e. The number of aromatic nitrogens is 1. The number of carbonyl (C=O) groups is 1. The first-order valence-electron chi connectivity index (χ1n) is 11.0. The molecular formula is C25H28N6O. The number of amides is 1. The number of nitrogens with one attached hydrogen (secondary N) is 4. The summed E-state index contributed by atoms with van der Waals surface area (Å²) in [4.78, 5) is 19.9. The van der Waals surface area contributed by atoms with Gasteiger partial charge in [-0.2, -0.15) is 5.26 Å². The van der Waals surface area contributed by atoms with E-state index in [9.17, 15) is 4.79 Å². The zero-order chi connectivity index (χ0) is 22.4. The molecule has 1 heterocycles. The van der Waals surface area contributed by atoms with E-state index in [0.717, 1.165) is 36.6 Å². The summed E-state index contributed by atoms with van der Waals surface area (Å²) >= 11 is 0. The average Bonchev–Trinajstić information content (AvgIpc) is 3.32. The standard InChI is InChI=1S/C25H28N6O/c1-27-24(30-17-26)31-21-9-12-25(13-10-21,20-5-3-2-4-6-20)16-29-23(32)19-7-8-22-18(15-19)11-14-28-22/h2-8,11,14-15,21,28H,9-10,12-13,16H2,1H3,(H,29,32)(H2,27,30,31)/t21-,25-. The zero-order valence-electron chi connectivity index (χ0n) is 18.2. The van der Waals surface area contributed by atoms with Gasteiger partial charge in [-0.3, -0.25) is 4.79 Å². The van der Waals surface area contributed by atoms with E-state index in [1.54, 1.807) is 7.05 Å². The Morgan fingerprint density at radius 2 is 1.97 bits per heavy atom. The molecule has 0 bridgehead atoms. The molecule has 7 heteroatoms. The SMILES string of the molecule is CN/C(=N\C#N)N[C@H]1CC[C@](CNC(=O)c2ccc3[nH]ccc3c2)(c2ccccc2)CC1. The molecule has 4 N–H and O–H groups in total. The summed E-state index contributed by atoms with van der Waals surface area (Å²) in [5.74, 6) is 0.445. The minimum atomic E-state index is -0.126. The number of hydrogen-bond donors (Lipinski definition) is 4. The Hall–Kier alpha value is -3.79. The van der Waals surface area contributed by atoms with E-state index in [0.29, 0.717) is 18.1 Å². The summed E-state index contributed by atoms with van der Waals surface area (Å²) in [5, 5.41) is 19.3. The quantitative estimate of drug-likeness (QED) is 0.284.